The van der Waals surface area contributed by atoms with Gasteiger partial charge in [0.15, 0.2) is 29.2 Å². The summed E-state index contributed by atoms with van der Waals surface area (Å²) in [6.45, 7) is 3.58. The lowest BCUT2D eigenvalue weighted by atomic mass is 9.95. The monoisotopic (exact) mass is 727 g/mol. The van der Waals surface area contributed by atoms with E-state index < -0.39 is 29.2 Å². The Kier molecular flexibility index (Phi) is 12.2. The molecule has 0 radical (unpaired) electrons. The molecule has 0 spiro atoms. The summed E-state index contributed by atoms with van der Waals surface area (Å²) in [7, 11) is 2.75. The Labute approximate surface area is 284 Å². The number of hydrogen-bond donors (Lipinski definition) is 4. The van der Waals surface area contributed by atoms with Crippen molar-refractivity contribution in [2.75, 3.05) is 27.4 Å². The lowest BCUT2D eigenvalue weighted by Gasteiger charge is -2.28. The number of allylic oxidation sites excluding steroid dienone is 1. The molecule has 4 rings (SSSR count). The molecule has 3 aromatic rings. The van der Waals surface area contributed by atoms with Gasteiger partial charge in [0.1, 0.15) is 13.2 Å². The molecule has 0 saturated carbocycles. The Bertz CT molecular complexity index is 1710. The van der Waals surface area contributed by atoms with Crippen LogP contribution in [-0.2, 0) is 16.1 Å². The first-order chi connectivity index (χ1) is 23.0. The third kappa shape index (κ3) is 8.92. The maximum atomic E-state index is 12.5. The van der Waals surface area contributed by atoms with E-state index in [2.05, 4.69) is 37.1 Å². The number of amides is 2. The molecule has 0 aliphatic carbocycles. The Morgan fingerprint density at radius 1 is 1.10 bits per heavy atom. The fourth-order valence-electron chi connectivity index (χ4n) is 4.68. The Hall–Kier alpha value is -5.35. The zero-order valence-electron chi connectivity index (χ0n) is 26.4. The van der Waals surface area contributed by atoms with Crippen molar-refractivity contribution in [3.05, 3.63) is 97.1 Å². The summed E-state index contributed by atoms with van der Waals surface area (Å²) in [5.41, 5.74) is 4.95. The molecule has 15 nitrogen and oxygen atoms in total. The van der Waals surface area contributed by atoms with Crippen molar-refractivity contribution >= 4 is 39.8 Å². The van der Waals surface area contributed by atoms with Gasteiger partial charge in [-0.3, -0.25) is 15.5 Å². The van der Waals surface area contributed by atoms with Crippen LogP contribution in [0.1, 0.15) is 36.6 Å². The van der Waals surface area contributed by atoms with E-state index in [1.807, 2.05) is 0 Å². The van der Waals surface area contributed by atoms with Gasteiger partial charge in [-0.15, -0.1) is 0 Å². The van der Waals surface area contributed by atoms with Crippen molar-refractivity contribution in [3.63, 3.8) is 0 Å². The number of carbonyl (C=O) groups is 2. The summed E-state index contributed by atoms with van der Waals surface area (Å²) in [4.78, 5) is 35.1. The van der Waals surface area contributed by atoms with Gasteiger partial charge in [-0.2, -0.15) is 5.10 Å². The van der Waals surface area contributed by atoms with Crippen molar-refractivity contribution < 1.29 is 43.3 Å². The van der Waals surface area contributed by atoms with Gasteiger partial charge in [-0.05, 0) is 61.4 Å². The third-order valence-corrected chi connectivity index (χ3v) is 7.36. The molecular weight excluding hydrogens is 694 g/mol. The molecule has 254 valence electrons. The zero-order valence-corrected chi connectivity index (χ0v) is 28.0. The second-order valence-corrected chi connectivity index (χ2v) is 11.1. The molecule has 2 atom stereocenters. The standard InChI is InChI=1S/C32H34BrN5O10/c1-5-46-25-13-20(29-28(31(40)45-4)18(2)35-32(41)36-29)8-11-24(25)47-17-27(39)37-34-15-21-12-22(33)14-26(44-3)30(21)48-16-19-6-9-23(10-7-19)38(42)43/h6-15,27,29,37,39H,5,16-17H2,1-4H3,(H2,35,36,41)/b34-15+/t27-,29-/m0/s1. The van der Waals surface area contributed by atoms with Crippen molar-refractivity contribution in [3.8, 4) is 23.0 Å². The van der Waals surface area contributed by atoms with Crippen molar-refractivity contribution in [2.24, 2.45) is 5.10 Å². The summed E-state index contributed by atoms with van der Waals surface area (Å²) in [5, 5.41) is 31.0. The lowest BCUT2D eigenvalue weighted by Crippen LogP contribution is -2.45. The van der Waals surface area contributed by atoms with Crippen LogP contribution < -0.4 is 35.0 Å². The van der Waals surface area contributed by atoms with Crippen LogP contribution in [0.25, 0.3) is 0 Å². The maximum Gasteiger partial charge on any atom is 0.337 e. The van der Waals surface area contributed by atoms with Gasteiger partial charge in [-0.1, -0.05) is 22.0 Å². The molecule has 0 fully saturated rings. The molecule has 48 heavy (non-hydrogen) atoms. The van der Waals surface area contributed by atoms with Crippen LogP contribution in [0, 0.1) is 10.1 Å². The van der Waals surface area contributed by atoms with E-state index in [0.29, 0.717) is 56.5 Å². The quantitative estimate of drug-likeness (QED) is 0.0568. The van der Waals surface area contributed by atoms with E-state index in [9.17, 15) is 24.8 Å². The van der Waals surface area contributed by atoms with Crippen LogP contribution in [0.4, 0.5) is 10.5 Å². The molecule has 0 saturated heterocycles. The topological polar surface area (TPSA) is 192 Å². The van der Waals surface area contributed by atoms with Crippen LogP contribution in [0.15, 0.2) is 75.4 Å². The first-order valence-corrected chi connectivity index (χ1v) is 15.3. The summed E-state index contributed by atoms with van der Waals surface area (Å²) in [6.07, 6.45) is 0.193. The Balaban J connectivity index is 1.44. The van der Waals surface area contributed by atoms with E-state index in [1.165, 1.54) is 32.6 Å². The molecule has 16 heteroatoms. The molecule has 1 heterocycles. The number of urea groups is 1. The minimum atomic E-state index is -1.24. The van der Waals surface area contributed by atoms with Gasteiger partial charge < -0.3 is 39.4 Å². The Morgan fingerprint density at radius 2 is 1.85 bits per heavy atom. The van der Waals surface area contributed by atoms with Crippen LogP contribution in [-0.4, -0.2) is 61.9 Å². The number of hydrogen-bond acceptors (Lipinski definition) is 12. The fourth-order valence-corrected chi connectivity index (χ4v) is 5.13. The van der Waals surface area contributed by atoms with E-state index in [1.54, 1.807) is 56.3 Å². The highest BCUT2D eigenvalue weighted by Gasteiger charge is 2.32. The SMILES string of the molecule is CCOc1cc([C@@H]2NC(=O)NC(C)=C2C(=O)OC)ccc1OC[C@H](O)N/N=C/c1cc(Br)cc(OC)c1OCc1ccc([N+](=O)[O-])cc1. The molecule has 2 amide bonds. The highest BCUT2D eigenvalue weighted by molar-refractivity contribution is 9.10. The molecular formula is C32H34BrN5O10. The number of methoxy groups -OCH3 is 2. The third-order valence-electron chi connectivity index (χ3n) is 6.90. The number of non-ortho nitro benzene ring substituents is 1. The maximum absolute atomic E-state index is 12.5. The largest absolute Gasteiger partial charge is 0.493 e. The average molecular weight is 729 g/mol. The normalized spacial score (nSPS) is 14.9. The summed E-state index contributed by atoms with van der Waals surface area (Å²) in [6, 6.07) is 13.1. The lowest BCUT2D eigenvalue weighted by molar-refractivity contribution is -0.384. The molecule has 4 N–H and O–H groups in total. The number of hydrazone groups is 1. The predicted molar refractivity (Wildman–Crippen MR) is 177 cm³/mol. The number of nitro groups is 1. The molecule has 0 unspecified atom stereocenters. The number of nitrogens with zero attached hydrogens (tertiary/aromatic N) is 2. The molecule has 0 aromatic heterocycles. The number of benzene rings is 3. The number of esters is 1. The van der Waals surface area contributed by atoms with Gasteiger partial charge in [0.05, 0.1) is 43.6 Å². The average Bonchev–Trinajstić information content (AvgIpc) is 3.06. The minimum Gasteiger partial charge on any atom is -0.493 e. The smallest absolute Gasteiger partial charge is 0.337 e. The molecule has 1 aliphatic heterocycles. The van der Waals surface area contributed by atoms with E-state index >= 15 is 0 Å². The number of aliphatic hydroxyl groups excluding tert-OH is 1. The van der Waals surface area contributed by atoms with Gasteiger partial charge in [0.25, 0.3) is 5.69 Å². The second kappa shape index (κ2) is 16.5. The van der Waals surface area contributed by atoms with Gasteiger partial charge in [-0.25, -0.2) is 9.59 Å². The van der Waals surface area contributed by atoms with Gasteiger partial charge in [0, 0.05) is 27.9 Å². The number of nitro benzene ring substituents is 1. The van der Waals surface area contributed by atoms with Crippen LogP contribution in [0.2, 0.25) is 0 Å². The Morgan fingerprint density at radius 3 is 2.52 bits per heavy atom. The number of nitrogens with one attached hydrogen (secondary N) is 3. The number of ether oxygens (including phenoxy) is 5. The molecule has 1 aliphatic rings. The first-order valence-electron chi connectivity index (χ1n) is 14.5. The summed E-state index contributed by atoms with van der Waals surface area (Å²) in [5.74, 6) is 0.822. The first kappa shape index (κ1) is 35.5. The number of aliphatic hydroxyl groups is 1. The number of rotatable bonds is 15. The van der Waals surface area contributed by atoms with Crippen LogP contribution in [0.3, 0.4) is 0 Å². The van der Waals surface area contributed by atoms with E-state index in [-0.39, 0.29) is 24.5 Å². The van der Waals surface area contributed by atoms with E-state index in [0.717, 1.165) is 0 Å². The van der Waals surface area contributed by atoms with Crippen LogP contribution in [0.5, 0.6) is 23.0 Å². The second-order valence-electron chi connectivity index (χ2n) is 10.2. The van der Waals surface area contributed by atoms with E-state index in [4.69, 9.17) is 23.7 Å². The fraction of sp³-hybridized carbons (Fsp3) is 0.281. The summed E-state index contributed by atoms with van der Waals surface area (Å²) >= 11 is 3.43. The van der Waals surface area contributed by atoms with Crippen molar-refractivity contribution in [1.82, 2.24) is 16.1 Å². The minimum absolute atomic E-state index is 0.0264. The van der Waals surface area contributed by atoms with Crippen molar-refractivity contribution in [2.45, 2.75) is 32.7 Å². The highest BCUT2D eigenvalue weighted by Crippen LogP contribution is 2.36. The van der Waals surface area contributed by atoms with Gasteiger partial charge >= 0.3 is 12.0 Å². The molecule has 0 bridgehead atoms. The predicted octanol–water partition coefficient (Wildman–Crippen LogP) is 4.47. The van der Waals surface area contributed by atoms with Crippen LogP contribution >= 0.6 is 15.9 Å². The number of halogens is 1. The zero-order chi connectivity index (χ0) is 34.8. The van der Waals surface area contributed by atoms with Crippen molar-refractivity contribution in [1.29, 1.82) is 0 Å². The summed E-state index contributed by atoms with van der Waals surface area (Å²) < 4.78 is 28.6. The molecule has 3 aromatic carbocycles. The highest BCUT2D eigenvalue weighted by atomic mass is 79.9. The number of carbonyl (C=O) groups excluding carboxylic acids is 2. The van der Waals surface area contributed by atoms with Gasteiger partial charge in [0.2, 0.25) is 0 Å².